The summed E-state index contributed by atoms with van der Waals surface area (Å²) < 4.78 is 1.63. The highest BCUT2D eigenvalue weighted by Gasteiger charge is 2.27. The van der Waals surface area contributed by atoms with Crippen LogP contribution in [0.15, 0.2) is 29.1 Å². The zero-order valence-electron chi connectivity index (χ0n) is 18.6. The molecule has 5 heteroatoms. The predicted octanol–water partition coefficient (Wildman–Crippen LogP) is 5.37. The minimum absolute atomic E-state index is 0.0478. The van der Waals surface area contributed by atoms with E-state index >= 15 is 0 Å². The summed E-state index contributed by atoms with van der Waals surface area (Å²) in [5.41, 5.74) is 0.654. The molecule has 29 heavy (non-hydrogen) atoms. The lowest BCUT2D eigenvalue weighted by molar-refractivity contribution is -0.134. The van der Waals surface area contributed by atoms with Crippen LogP contribution in [0.3, 0.4) is 0 Å². The van der Waals surface area contributed by atoms with E-state index in [-0.39, 0.29) is 17.5 Å². The summed E-state index contributed by atoms with van der Waals surface area (Å²) in [6.07, 6.45) is 8.86. The zero-order chi connectivity index (χ0) is 21.2. The Morgan fingerprint density at radius 3 is 2.41 bits per heavy atom. The Balaban J connectivity index is 2.37. The molecule has 0 radical (unpaired) electrons. The minimum Gasteiger partial charge on any atom is -0.333 e. The number of benzene rings is 1. The maximum absolute atomic E-state index is 13.1. The van der Waals surface area contributed by atoms with E-state index in [9.17, 15) is 9.59 Å². The highest BCUT2D eigenvalue weighted by atomic mass is 16.2. The molecule has 1 amide bonds. The number of fused-ring (bicyclic) bond motifs is 1. The van der Waals surface area contributed by atoms with Gasteiger partial charge < -0.3 is 4.90 Å². The molecule has 1 unspecified atom stereocenters. The van der Waals surface area contributed by atoms with Crippen molar-refractivity contribution in [1.29, 1.82) is 0 Å². The summed E-state index contributed by atoms with van der Waals surface area (Å²) in [5, 5.41) is 0.623. The first-order valence-electron chi connectivity index (χ1n) is 11.3. The summed E-state index contributed by atoms with van der Waals surface area (Å²) in [6.45, 7) is 7.14. The second-order valence-electron chi connectivity index (χ2n) is 7.88. The zero-order valence-corrected chi connectivity index (χ0v) is 18.6. The highest BCUT2D eigenvalue weighted by Crippen LogP contribution is 2.25. The Labute approximate surface area is 175 Å². The Hall–Kier alpha value is -2.17. The molecule has 1 aromatic heterocycles. The van der Waals surface area contributed by atoms with Gasteiger partial charge in [0.1, 0.15) is 5.82 Å². The van der Waals surface area contributed by atoms with Crippen molar-refractivity contribution in [2.24, 2.45) is 7.05 Å². The first-order chi connectivity index (χ1) is 14.0. The number of amides is 1. The maximum atomic E-state index is 13.1. The maximum Gasteiger partial charge on any atom is 0.261 e. The fourth-order valence-corrected chi connectivity index (χ4v) is 3.91. The standard InChI is InChI=1S/C24H37N3O2/c1-5-8-10-14-18-27(22(28)17-11-9-6-2)21(7-3)23-25-20-16-13-12-15-19(20)24(29)26(23)4/h12-13,15-16,21H,5-11,14,17-18H2,1-4H3. The van der Waals surface area contributed by atoms with Gasteiger partial charge in [-0.15, -0.1) is 0 Å². The third-order valence-electron chi connectivity index (χ3n) is 5.65. The van der Waals surface area contributed by atoms with Gasteiger partial charge in [0.05, 0.1) is 16.9 Å². The van der Waals surface area contributed by atoms with Crippen LogP contribution in [0, 0.1) is 0 Å². The molecule has 0 aliphatic heterocycles. The van der Waals surface area contributed by atoms with E-state index in [4.69, 9.17) is 4.98 Å². The van der Waals surface area contributed by atoms with E-state index in [1.807, 2.05) is 29.2 Å². The second kappa shape index (κ2) is 11.7. The summed E-state index contributed by atoms with van der Waals surface area (Å²) in [4.78, 5) is 32.8. The summed E-state index contributed by atoms with van der Waals surface area (Å²) in [5.74, 6) is 0.875. The number of para-hydroxylation sites is 1. The summed E-state index contributed by atoms with van der Waals surface area (Å²) in [6, 6.07) is 7.28. The molecule has 1 heterocycles. The fraction of sp³-hybridized carbons (Fsp3) is 0.625. The van der Waals surface area contributed by atoms with Crippen molar-refractivity contribution in [2.45, 2.75) is 84.6 Å². The van der Waals surface area contributed by atoms with Crippen LogP contribution < -0.4 is 5.56 Å². The van der Waals surface area contributed by atoms with Gasteiger partial charge in [0.2, 0.25) is 5.91 Å². The van der Waals surface area contributed by atoms with Gasteiger partial charge >= 0.3 is 0 Å². The lowest BCUT2D eigenvalue weighted by Crippen LogP contribution is -2.38. The van der Waals surface area contributed by atoms with Crippen LogP contribution in [0.25, 0.3) is 10.9 Å². The molecular formula is C24H37N3O2. The Morgan fingerprint density at radius 2 is 1.72 bits per heavy atom. The van der Waals surface area contributed by atoms with Gasteiger partial charge in [-0.25, -0.2) is 4.98 Å². The van der Waals surface area contributed by atoms with Gasteiger partial charge in [-0.05, 0) is 31.4 Å². The average Bonchev–Trinajstić information content (AvgIpc) is 2.73. The van der Waals surface area contributed by atoms with Crippen molar-refractivity contribution in [2.75, 3.05) is 6.54 Å². The predicted molar refractivity (Wildman–Crippen MR) is 120 cm³/mol. The van der Waals surface area contributed by atoms with Crippen LogP contribution in [0.2, 0.25) is 0 Å². The van der Waals surface area contributed by atoms with Crippen molar-refractivity contribution >= 4 is 16.8 Å². The number of carbonyl (C=O) groups is 1. The molecule has 0 bridgehead atoms. The smallest absolute Gasteiger partial charge is 0.261 e. The SMILES string of the molecule is CCCCCCN(C(=O)CCCCC)C(CC)c1nc2ccccc2c(=O)n1C. The molecular weight excluding hydrogens is 362 g/mol. The number of hydrogen-bond donors (Lipinski definition) is 0. The van der Waals surface area contributed by atoms with Crippen LogP contribution in [0.1, 0.15) is 90.4 Å². The minimum atomic E-state index is -0.173. The van der Waals surface area contributed by atoms with Crippen molar-refractivity contribution in [3.63, 3.8) is 0 Å². The Kier molecular flexibility index (Phi) is 9.36. The first kappa shape index (κ1) is 23.1. The number of carbonyl (C=O) groups excluding carboxylic acids is 1. The van der Waals surface area contributed by atoms with Crippen molar-refractivity contribution < 1.29 is 4.79 Å². The van der Waals surface area contributed by atoms with Gasteiger partial charge in [-0.3, -0.25) is 14.2 Å². The fourth-order valence-electron chi connectivity index (χ4n) is 3.91. The molecule has 0 spiro atoms. The van der Waals surface area contributed by atoms with E-state index in [1.54, 1.807) is 11.6 Å². The van der Waals surface area contributed by atoms with Crippen LogP contribution in [-0.2, 0) is 11.8 Å². The molecule has 1 aromatic carbocycles. The number of nitrogens with zero attached hydrogens (tertiary/aromatic N) is 3. The summed E-state index contributed by atoms with van der Waals surface area (Å²) in [7, 11) is 1.77. The number of unbranched alkanes of at least 4 members (excludes halogenated alkanes) is 5. The average molecular weight is 400 g/mol. The third-order valence-corrected chi connectivity index (χ3v) is 5.65. The van der Waals surface area contributed by atoms with E-state index < -0.39 is 0 Å². The van der Waals surface area contributed by atoms with Gasteiger partial charge in [-0.2, -0.15) is 0 Å². The van der Waals surface area contributed by atoms with Crippen molar-refractivity contribution in [3.8, 4) is 0 Å². The van der Waals surface area contributed by atoms with Crippen LogP contribution in [0.4, 0.5) is 0 Å². The number of rotatable bonds is 12. The van der Waals surface area contributed by atoms with Crippen molar-refractivity contribution in [3.05, 3.63) is 40.4 Å². The van der Waals surface area contributed by atoms with Gasteiger partial charge in [0, 0.05) is 20.0 Å². The van der Waals surface area contributed by atoms with Crippen LogP contribution in [0.5, 0.6) is 0 Å². The number of hydrogen-bond acceptors (Lipinski definition) is 3. The van der Waals surface area contributed by atoms with Gasteiger partial charge in [0.25, 0.3) is 5.56 Å². The molecule has 0 saturated heterocycles. The molecule has 0 fully saturated rings. The second-order valence-corrected chi connectivity index (χ2v) is 7.88. The quantitative estimate of drug-likeness (QED) is 0.451. The molecule has 0 saturated carbocycles. The molecule has 5 nitrogen and oxygen atoms in total. The highest BCUT2D eigenvalue weighted by molar-refractivity contribution is 5.78. The molecule has 0 aliphatic carbocycles. The van der Waals surface area contributed by atoms with Crippen molar-refractivity contribution in [1.82, 2.24) is 14.5 Å². The van der Waals surface area contributed by atoms with Gasteiger partial charge in [0.15, 0.2) is 0 Å². The van der Waals surface area contributed by atoms with Gasteiger partial charge in [-0.1, -0.05) is 65.0 Å². The monoisotopic (exact) mass is 399 g/mol. The lowest BCUT2D eigenvalue weighted by Gasteiger charge is -2.32. The largest absolute Gasteiger partial charge is 0.333 e. The lowest BCUT2D eigenvalue weighted by atomic mass is 10.1. The van der Waals surface area contributed by atoms with Crippen LogP contribution in [-0.4, -0.2) is 26.9 Å². The number of aromatic nitrogens is 2. The Morgan fingerprint density at radius 1 is 1.03 bits per heavy atom. The molecule has 2 rings (SSSR count). The molecule has 0 aliphatic rings. The molecule has 160 valence electrons. The first-order valence-corrected chi connectivity index (χ1v) is 11.3. The normalized spacial score (nSPS) is 12.3. The molecule has 2 aromatic rings. The van der Waals surface area contributed by atoms with E-state index in [0.717, 1.165) is 45.1 Å². The summed E-state index contributed by atoms with van der Waals surface area (Å²) >= 11 is 0. The Bertz CT molecular complexity index is 844. The van der Waals surface area contributed by atoms with Crippen LogP contribution >= 0.6 is 0 Å². The van der Waals surface area contributed by atoms with E-state index in [2.05, 4.69) is 20.8 Å². The van der Waals surface area contributed by atoms with E-state index in [1.165, 1.54) is 12.8 Å². The third kappa shape index (κ3) is 5.91. The molecule has 0 N–H and O–H groups in total. The van der Waals surface area contributed by atoms with E-state index in [0.29, 0.717) is 23.1 Å². The molecule has 1 atom stereocenters. The topological polar surface area (TPSA) is 55.2 Å².